The van der Waals surface area contributed by atoms with Crippen LogP contribution in [-0.2, 0) is 9.53 Å². The smallest absolute Gasteiger partial charge is 0.243 e. The maximum atomic E-state index is 12.5. The van der Waals surface area contributed by atoms with Crippen LogP contribution in [0.1, 0.15) is 12.8 Å². The van der Waals surface area contributed by atoms with Crippen molar-refractivity contribution in [2.45, 2.75) is 18.9 Å². The average Bonchev–Trinajstić information content (AvgIpc) is 3.40. The number of hydrogen-bond donors (Lipinski definition) is 2. The van der Waals surface area contributed by atoms with Crippen LogP contribution in [0.25, 0.3) is 0 Å². The number of carbonyl (C=O) groups is 1. The van der Waals surface area contributed by atoms with Crippen LogP contribution in [0.15, 0.2) is 78.9 Å². The first kappa shape index (κ1) is 23.4. The molecule has 3 aromatic carbocycles. The lowest BCUT2D eigenvalue weighted by Crippen LogP contribution is -2.22. The summed E-state index contributed by atoms with van der Waals surface area (Å²) in [7, 11) is 0. The summed E-state index contributed by atoms with van der Waals surface area (Å²) in [4.78, 5) is 12.5. The highest BCUT2D eigenvalue weighted by molar-refractivity contribution is 5.95. The molecule has 1 heterocycles. The Morgan fingerprint density at radius 1 is 0.853 bits per heavy atom. The highest BCUT2D eigenvalue weighted by atomic mass is 16.5. The normalized spacial score (nSPS) is 14.9. The van der Waals surface area contributed by atoms with Crippen LogP contribution >= 0.6 is 0 Å². The van der Waals surface area contributed by atoms with E-state index < -0.39 is 0 Å². The van der Waals surface area contributed by atoms with E-state index in [9.17, 15) is 4.79 Å². The lowest BCUT2D eigenvalue weighted by atomic mass is 10.2. The molecule has 7 nitrogen and oxygen atoms in total. The van der Waals surface area contributed by atoms with Gasteiger partial charge in [0.15, 0.2) is 0 Å². The summed E-state index contributed by atoms with van der Waals surface area (Å²) >= 11 is 0. The van der Waals surface area contributed by atoms with Gasteiger partial charge in [-0.25, -0.2) is 0 Å². The van der Waals surface area contributed by atoms with E-state index in [4.69, 9.17) is 18.9 Å². The van der Waals surface area contributed by atoms with Crippen molar-refractivity contribution in [3.8, 4) is 17.2 Å². The molecular formula is C27H30N2O5. The van der Waals surface area contributed by atoms with Gasteiger partial charge in [-0.15, -0.1) is 0 Å². The lowest BCUT2D eigenvalue weighted by Gasteiger charge is -2.15. The summed E-state index contributed by atoms with van der Waals surface area (Å²) in [6, 6.07) is 24.5. The topological polar surface area (TPSA) is 78.1 Å². The monoisotopic (exact) mass is 462 g/mol. The molecule has 1 atom stereocenters. The fourth-order valence-electron chi connectivity index (χ4n) is 3.54. The number of anilines is 2. The van der Waals surface area contributed by atoms with Crippen molar-refractivity contribution in [2.75, 3.05) is 43.6 Å². The molecular weight excluding hydrogens is 432 g/mol. The van der Waals surface area contributed by atoms with Gasteiger partial charge < -0.3 is 29.6 Å². The SMILES string of the molecule is O=C(CNc1ccc(OCCOc2ccccc2)cc1)Nc1ccccc1OCC1CCCO1. The number of carbonyl (C=O) groups excluding carboxylic acids is 1. The Bertz CT molecular complexity index is 1020. The zero-order valence-electron chi connectivity index (χ0n) is 19.1. The number of ether oxygens (including phenoxy) is 4. The number of para-hydroxylation sites is 3. The molecule has 1 saturated heterocycles. The van der Waals surface area contributed by atoms with E-state index in [1.54, 1.807) is 0 Å². The fraction of sp³-hybridized carbons (Fsp3) is 0.296. The van der Waals surface area contributed by atoms with E-state index >= 15 is 0 Å². The Morgan fingerprint density at radius 2 is 1.56 bits per heavy atom. The lowest BCUT2D eigenvalue weighted by molar-refractivity contribution is -0.114. The van der Waals surface area contributed by atoms with Gasteiger partial charge in [-0.1, -0.05) is 30.3 Å². The maximum Gasteiger partial charge on any atom is 0.243 e. The highest BCUT2D eigenvalue weighted by Gasteiger charge is 2.17. The first-order valence-corrected chi connectivity index (χ1v) is 11.5. The minimum Gasteiger partial charge on any atom is -0.490 e. The highest BCUT2D eigenvalue weighted by Crippen LogP contribution is 2.25. The molecule has 1 aliphatic heterocycles. The van der Waals surface area contributed by atoms with Crippen LogP contribution in [0.4, 0.5) is 11.4 Å². The molecule has 34 heavy (non-hydrogen) atoms. The molecule has 4 rings (SSSR count). The van der Waals surface area contributed by atoms with Gasteiger partial charge in [0.25, 0.3) is 0 Å². The molecule has 1 amide bonds. The zero-order valence-corrected chi connectivity index (χ0v) is 19.1. The number of nitrogens with one attached hydrogen (secondary N) is 2. The van der Waals surface area contributed by atoms with Crippen molar-refractivity contribution in [1.29, 1.82) is 0 Å². The molecule has 178 valence electrons. The number of hydrogen-bond acceptors (Lipinski definition) is 6. The van der Waals surface area contributed by atoms with Gasteiger partial charge in [0.2, 0.25) is 5.91 Å². The standard InChI is InChI=1S/C27H30N2O5/c30-27(29-25-10-4-5-11-26(25)34-20-24-9-6-16-31-24)19-28-21-12-14-23(15-13-21)33-18-17-32-22-7-2-1-3-8-22/h1-5,7-8,10-15,24,28H,6,9,16-20H2,(H,29,30). The molecule has 1 aliphatic rings. The zero-order chi connectivity index (χ0) is 23.4. The number of rotatable bonds is 12. The predicted octanol–water partition coefficient (Wildman–Crippen LogP) is 4.75. The van der Waals surface area contributed by atoms with E-state index in [2.05, 4.69) is 10.6 Å². The first-order chi connectivity index (χ1) is 16.8. The molecule has 7 heteroatoms. The maximum absolute atomic E-state index is 12.5. The second kappa shape index (κ2) is 12.5. The summed E-state index contributed by atoms with van der Waals surface area (Å²) < 4.78 is 22.8. The Balaban J connectivity index is 1.17. The van der Waals surface area contributed by atoms with Gasteiger partial charge in [0.05, 0.1) is 18.3 Å². The summed E-state index contributed by atoms with van der Waals surface area (Å²) in [5.74, 6) is 2.04. The van der Waals surface area contributed by atoms with Crippen LogP contribution in [0.3, 0.4) is 0 Å². The van der Waals surface area contributed by atoms with E-state index in [1.165, 1.54) is 0 Å². The van der Waals surface area contributed by atoms with Gasteiger partial charge in [0.1, 0.15) is 37.1 Å². The van der Waals surface area contributed by atoms with Crippen LogP contribution in [0, 0.1) is 0 Å². The largest absolute Gasteiger partial charge is 0.490 e. The number of amides is 1. The summed E-state index contributed by atoms with van der Waals surface area (Å²) in [6.07, 6.45) is 2.19. The minimum atomic E-state index is -0.161. The third kappa shape index (κ3) is 7.42. The Hall–Kier alpha value is -3.71. The molecule has 1 fully saturated rings. The van der Waals surface area contributed by atoms with Gasteiger partial charge in [0, 0.05) is 12.3 Å². The Morgan fingerprint density at radius 3 is 2.29 bits per heavy atom. The second-order valence-corrected chi connectivity index (χ2v) is 7.88. The van der Waals surface area contributed by atoms with Crippen molar-refractivity contribution < 1.29 is 23.7 Å². The number of benzene rings is 3. The van der Waals surface area contributed by atoms with Crippen molar-refractivity contribution in [3.63, 3.8) is 0 Å². The third-order valence-corrected chi connectivity index (χ3v) is 5.28. The summed E-state index contributed by atoms with van der Waals surface area (Å²) in [5, 5.41) is 6.03. The minimum absolute atomic E-state index is 0.119. The molecule has 3 aromatic rings. The first-order valence-electron chi connectivity index (χ1n) is 11.5. The van der Waals surface area contributed by atoms with Gasteiger partial charge in [-0.3, -0.25) is 4.79 Å². The van der Waals surface area contributed by atoms with Crippen molar-refractivity contribution in [1.82, 2.24) is 0 Å². The van der Waals surface area contributed by atoms with Crippen LogP contribution in [-0.4, -0.2) is 45.0 Å². The quantitative estimate of drug-likeness (QED) is 0.378. The van der Waals surface area contributed by atoms with Crippen molar-refractivity contribution in [2.24, 2.45) is 0 Å². The van der Waals surface area contributed by atoms with E-state index in [0.717, 1.165) is 36.6 Å². The summed E-state index contributed by atoms with van der Waals surface area (Å²) in [6.45, 7) is 2.30. The van der Waals surface area contributed by atoms with Crippen LogP contribution in [0.2, 0.25) is 0 Å². The molecule has 1 unspecified atom stereocenters. The average molecular weight is 463 g/mol. The molecule has 2 N–H and O–H groups in total. The molecule has 0 aliphatic carbocycles. The van der Waals surface area contributed by atoms with Crippen molar-refractivity contribution in [3.05, 3.63) is 78.9 Å². The third-order valence-electron chi connectivity index (χ3n) is 5.28. The van der Waals surface area contributed by atoms with Gasteiger partial charge >= 0.3 is 0 Å². The molecule has 0 radical (unpaired) electrons. The molecule has 0 bridgehead atoms. The van der Waals surface area contributed by atoms with Gasteiger partial charge in [-0.05, 0) is 61.4 Å². The Labute approximate surface area is 200 Å². The van der Waals surface area contributed by atoms with E-state index in [0.29, 0.717) is 31.3 Å². The van der Waals surface area contributed by atoms with E-state index in [-0.39, 0.29) is 18.6 Å². The van der Waals surface area contributed by atoms with Crippen LogP contribution < -0.4 is 24.8 Å². The Kier molecular flexibility index (Phi) is 8.63. The van der Waals surface area contributed by atoms with E-state index in [1.807, 2.05) is 78.9 Å². The fourth-order valence-corrected chi connectivity index (χ4v) is 3.54. The van der Waals surface area contributed by atoms with Gasteiger partial charge in [-0.2, -0.15) is 0 Å². The van der Waals surface area contributed by atoms with Crippen LogP contribution in [0.5, 0.6) is 17.2 Å². The molecule has 0 spiro atoms. The summed E-state index contributed by atoms with van der Waals surface area (Å²) in [5.41, 5.74) is 1.47. The second-order valence-electron chi connectivity index (χ2n) is 7.88. The predicted molar refractivity (Wildman–Crippen MR) is 132 cm³/mol. The molecule has 0 saturated carbocycles. The van der Waals surface area contributed by atoms with Crippen molar-refractivity contribution >= 4 is 17.3 Å². The molecule has 0 aromatic heterocycles.